The van der Waals surface area contributed by atoms with Crippen LogP contribution in [0.25, 0.3) is 0 Å². The number of amides is 2. The van der Waals surface area contributed by atoms with E-state index >= 15 is 0 Å². The van der Waals surface area contributed by atoms with Crippen LogP contribution in [0.1, 0.15) is 23.1 Å². The molecular formula is C25H24FN3O3. The van der Waals surface area contributed by atoms with Crippen molar-refractivity contribution in [3.05, 3.63) is 83.3 Å². The third-order valence-electron chi connectivity index (χ3n) is 5.64. The molecule has 0 bridgehead atoms. The van der Waals surface area contributed by atoms with Crippen molar-refractivity contribution in [2.24, 2.45) is 5.92 Å². The van der Waals surface area contributed by atoms with Crippen LogP contribution >= 0.6 is 0 Å². The van der Waals surface area contributed by atoms with Crippen molar-refractivity contribution in [3.8, 4) is 11.6 Å². The van der Waals surface area contributed by atoms with Gasteiger partial charge in [0.05, 0.1) is 0 Å². The van der Waals surface area contributed by atoms with Crippen molar-refractivity contribution in [1.82, 2.24) is 10.3 Å². The van der Waals surface area contributed by atoms with E-state index in [-0.39, 0.29) is 24.2 Å². The van der Waals surface area contributed by atoms with Gasteiger partial charge in [0.25, 0.3) is 0 Å². The number of carbonyl (C=O) groups excluding carboxylic acids is 2. The molecular weight excluding hydrogens is 409 g/mol. The first-order chi connectivity index (χ1) is 15.4. The molecule has 164 valence electrons. The monoisotopic (exact) mass is 433 g/mol. The highest BCUT2D eigenvalue weighted by Crippen LogP contribution is 2.28. The zero-order chi connectivity index (χ0) is 22.7. The highest BCUT2D eigenvalue weighted by atomic mass is 19.1. The summed E-state index contributed by atoms with van der Waals surface area (Å²) in [5.41, 5.74) is 3.70. The van der Waals surface area contributed by atoms with Crippen LogP contribution in [0.2, 0.25) is 0 Å². The maximum absolute atomic E-state index is 13.4. The van der Waals surface area contributed by atoms with Gasteiger partial charge in [0, 0.05) is 36.6 Å². The minimum absolute atomic E-state index is 0.144. The normalized spacial score (nSPS) is 15.7. The number of hydrogen-bond acceptors (Lipinski definition) is 4. The Balaban J connectivity index is 1.41. The van der Waals surface area contributed by atoms with Gasteiger partial charge in [-0.2, -0.15) is 0 Å². The summed E-state index contributed by atoms with van der Waals surface area (Å²) in [6.45, 7) is 4.66. The maximum atomic E-state index is 13.4. The SMILES string of the molecule is Cc1ccc(N2CCC(C(=O)NCc3cccnc3Oc3cccc(F)c3)C2=O)cc1C. The van der Waals surface area contributed by atoms with Gasteiger partial charge in [-0.05, 0) is 61.7 Å². The van der Waals surface area contributed by atoms with Crippen LogP contribution in [0, 0.1) is 25.6 Å². The number of nitrogens with zero attached hydrogens (tertiary/aromatic N) is 2. The highest BCUT2D eigenvalue weighted by molar-refractivity contribution is 6.09. The largest absolute Gasteiger partial charge is 0.439 e. The lowest BCUT2D eigenvalue weighted by Gasteiger charge is -2.18. The molecule has 7 heteroatoms. The van der Waals surface area contributed by atoms with Crippen molar-refractivity contribution in [1.29, 1.82) is 0 Å². The molecule has 32 heavy (non-hydrogen) atoms. The summed E-state index contributed by atoms with van der Waals surface area (Å²) >= 11 is 0. The van der Waals surface area contributed by atoms with Gasteiger partial charge in [-0.3, -0.25) is 9.59 Å². The van der Waals surface area contributed by atoms with E-state index in [4.69, 9.17) is 4.74 Å². The smallest absolute Gasteiger partial charge is 0.239 e. The molecule has 4 rings (SSSR count). The number of anilines is 1. The Morgan fingerprint density at radius 1 is 1.16 bits per heavy atom. The van der Waals surface area contributed by atoms with E-state index in [2.05, 4.69) is 10.3 Å². The fraction of sp³-hybridized carbons (Fsp3) is 0.240. The minimum Gasteiger partial charge on any atom is -0.439 e. The highest BCUT2D eigenvalue weighted by Gasteiger charge is 2.37. The molecule has 1 saturated heterocycles. The molecule has 1 unspecified atom stereocenters. The molecule has 2 aromatic carbocycles. The van der Waals surface area contributed by atoms with Crippen LogP contribution in [0.5, 0.6) is 11.6 Å². The summed E-state index contributed by atoms with van der Waals surface area (Å²) in [5, 5.41) is 2.82. The molecule has 6 nitrogen and oxygen atoms in total. The van der Waals surface area contributed by atoms with Crippen LogP contribution in [0.3, 0.4) is 0 Å². The van der Waals surface area contributed by atoms with Gasteiger partial charge in [-0.25, -0.2) is 9.37 Å². The molecule has 1 aliphatic rings. The fourth-order valence-corrected chi connectivity index (χ4v) is 3.67. The second-order valence-electron chi connectivity index (χ2n) is 7.84. The predicted octanol–water partition coefficient (Wildman–Crippen LogP) is 4.30. The molecule has 0 aliphatic carbocycles. The van der Waals surface area contributed by atoms with E-state index in [0.717, 1.165) is 16.8 Å². The summed E-state index contributed by atoms with van der Waals surface area (Å²) in [6, 6.07) is 15.1. The number of benzene rings is 2. The number of hydrogen-bond donors (Lipinski definition) is 1. The standard InChI is InChI=1S/C25H24FN3O3/c1-16-8-9-20(13-17(16)2)29-12-10-22(25(29)31)23(30)28-15-18-5-4-11-27-24(18)32-21-7-3-6-19(26)14-21/h3-9,11,13-14,22H,10,12,15H2,1-2H3,(H,28,30). The summed E-state index contributed by atoms with van der Waals surface area (Å²) in [4.78, 5) is 31.5. The number of pyridine rings is 1. The first kappa shape index (κ1) is 21.5. The lowest BCUT2D eigenvalue weighted by atomic mass is 10.1. The molecule has 0 spiro atoms. The number of carbonyl (C=O) groups is 2. The Kier molecular flexibility index (Phi) is 6.16. The van der Waals surface area contributed by atoms with E-state index in [9.17, 15) is 14.0 Å². The van der Waals surface area contributed by atoms with Crippen LogP contribution in [0.4, 0.5) is 10.1 Å². The van der Waals surface area contributed by atoms with Crippen molar-refractivity contribution < 1.29 is 18.7 Å². The molecule has 0 radical (unpaired) electrons. The third-order valence-corrected chi connectivity index (χ3v) is 5.64. The van der Waals surface area contributed by atoms with E-state index < -0.39 is 11.7 Å². The molecule has 2 amide bonds. The van der Waals surface area contributed by atoms with Crippen molar-refractivity contribution in [3.63, 3.8) is 0 Å². The summed E-state index contributed by atoms with van der Waals surface area (Å²) in [5.74, 6) is -1.10. The van der Waals surface area contributed by atoms with E-state index in [1.54, 1.807) is 35.4 Å². The lowest BCUT2D eigenvalue weighted by molar-refractivity contribution is -0.132. The van der Waals surface area contributed by atoms with Crippen LogP contribution < -0.4 is 15.0 Å². The van der Waals surface area contributed by atoms with Crippen molar-refractivity contribution in [2.75, 3.05) is 11.4 Å². The van der Waals surface area contributed by atoms with Gasteiger partial charge in [-0.1, -0.05) is 18.2 Å². The number of rotatable bonds is 6. The third kappa shape index (κ3) is 4.61. The number of nitrogens with one attached hydrogen (secondary N) is 1. The Morgan fingerprint density at radius 3 is 2.78 bits per heavy atom. The molecule has 1 N–H and O–H groups in total. The Labute approximate surface area is 186 Å². The zero-order valence-corrected chi connectivity index (χ0v) is 18.0. The van der Waals surface area contributed by atoms with Gasteiger partial charge in [-0.15, -0.1) is 0 Å². The molecule has 1 atom stereocenters. The van der Waals surface area contributed by atoms with Crippen LogP contribution in [0.15, 0.2) is 60.8 Å². The molecule has 0 saturated carbocycles. The summed E-state index contributed by atoms with van der Waals surface area (Å²) in [7, 11) is 0. The van der Waals surface area contributed by atoms with E-state index in [1.165, 1.54) is 12.1 Å². The first-order valence-corrected chi connectivity index (χ1v) is 10.5. The van der Waals surface area contributed by atoms with Gasteiger partial charge in [0.15, 0.2) is 0 Å². The van der Waals surface area contributed by atoms with Gasteiger partial charge in [0.1, 0.15) is 17.5 Å². The van der Waals surface area contributed by atoms with Gasteiger partial charge < -0.3 is 15.0 Å². The average molecular weight is 433 g/mol. The van der Waals surface area contributed by atoms with Gasteiger partial charge in [0.2, 0.25) is 17.7 Å². The summed E-state index contributed by atoms with van der Waals surface area (Å²) in [6.07, 6.45) is 2.01. The summed E-state index contributed by atoms with van der Waals surface area (Å²) < 4.78 is 19.1. The number of halogens is 1. The second kappa shape index (κ2) is 9.18. The van der Waals surface area contributed by atoms with Gasteiger partial charge >= 0.3 is 0 Å². The molecule has 1 aliphatic heterocycles. The predicted molar refractivity (Wildman–Crippen MR) is 119 cm³/mol. The number of aromatic nitrogens is 1. The quantitative estimate of drug-likeness (QED) is 0.589. The zero-order valence-electron chi connectivity index (χ0n) is 18.0. The second-order valence-corrected chi connectivity index (χ2v) is 7.84. The van der Waals surface area contributed by atoms with E-state index in [0.29, 0.717) is 24.3 Å². The maximum Gasteiger partial charge on any atom is 0.239 e. The topological polar surface area (TPSA) is 71.5 Å². The molecule has 3 aromatic rings. The Morgan fingerprint density at radius 2 is 2.00 bits per heavy atom. The van der Waals surface area contributed by atoms with Crippen molar-refractivity contribution in [2.45, 2.75) is 26.8 Å². The van der Waals surface area contributed by atoms with Crippen molar-refractivity contribution >= 4 is 17.5 Å². The lowest BCUT2D eigenvalue weighted by Crippen LogP contribution is -2.36. The Hall–Kier alpha value is -3.74. The molecule has 2 heterocycles. The Bertz CT molecular complexity index is 1160. The van der Waals surface area contributed by atoms with Crippen LogP contribution in [-0.2, 0) is 16.1 Å². The fourth-order valence-electron chi connectivity index (χ4n) is 3.67. The molecule has 1 fully saturated rings. The minimum atomic E-state index is -0.735. The number of ether oxygens (including phenoxy) is 1. The van der Waals surface area contributed by atoms with E-state index in [1.807, 2.05) is 32.0 Å². The van der Waals surface area contributed by atoms with Crippen LogP contribution in [-0.4, -0.2) is 23.3 Å². The molecule has 1 aromatic heterocycles. The number of aryl methyl sites for hydroxylation is 2. The average Bonchev–Trinajstić information content (AvgIpc) is 3.16. The first-order valence-electron chi connectivity index (χ1n) is 10.5.